The largest absolute Gasteiger partial charge is 0.497 e. The third-order valence-corrected chi connectivity index (χ3v) is 3.96. The SMILES string of the molecule is COc1ccc(C(=O)Nc2c(C(C)C)cccc2C(C)C)cc1. The molecule has 1 N–H and O–H groups in total. The maximum atomic E-state index is 12.6. The van der Waals surface area contributed by atoms with Crippen LogP contribution in [0.4, 0.5) is 5.69 Å². The lowest BCUT2D eigenvalue weighted by molar-refractivity contribution is 0.102. The van der Waals surface area contributed by atoms with Gasteiger partial charge in [-0.15, -0.1) is 0 Å². The molecule has 2 aromatic rings. The molecular formula is C20H25NO2. The van der Waals surface area contributed by atoms with Crippen LogP contribution in [0.5, 0.6) is 5.75 Å². The van der Waals surface area contributed by atoms with Crippen LogP contribution in [-0.4, -0.2) is 13.0 Å². The highest BCUT2D eigenvalue weighted by Crippen LogP contribution is 2.32. The lowest BCUT2D eigenvalue weighted by Gasteiger charge is -2.20. The molecular weight excluding hydrogens is 286 g/mol. The number of nitrogens with one attached hydrogen (secondary N) is 1. The molecule has 0 aliphatic rings. The van der Waals surface area contributed by atoms with Gasteiger partial charge in [-0.2, -0.15) is 0 Å². The van der Waals surface area contributed by atoms with Crippen molar-refractivity contribution in [2.75, 3.05) is 12.4 Å². The Morgan fingerprint density at radius 2 is 1.43 bits per heavy atom. The Kier molecular flexibility index (Phi) is 5.43. The molecule has 23 heavy (non-hydrogen) atoms. The second-order valence-electron chi connectivity index (χ2n) is 6.30. The molecule has 0 aliphatic heterocycles. The zero-order valence-corrected chi connectivity index (χ0v) is 14.5. The van der Waals surface area contributed by atoms with E-state index in [9.17, 15) is 4.79 Å². The molecule has 2 rings (SSSR count). The van der Waals surface area contributed by atoms with Crippen LogP contribution in [0.15, 0.2) is 42.5 Å². The van der Waals surface area contributed by atoms with Gasteiger partial charge < -0.3 is 10.1 Å². The molecule has 0 aliphatic carbocycles. The third-order valence-electron chi connectivity index (χ3n) is 3.96. The Labute approximate surface area is 138 Å². The van der Waals surface area contributed by atoms with Gasteiger partial charge in [-0.3, -0.25) is 4.79 Å². The van der Waals surface area contributed by atoms with Crippen molar-refractivity contribution in [1.29, 1.82) is 0 Å². The molecule has 0 atom stereocenters. The number of rotatable bonds is 5. The Morgan fingerprint density at radius 1 is 0.913 bits per heavy atom. The van der Waals surface area contributed by atoms with E-state index in [1.54, 1.807) is 31.4 Å². The Hall–Kier alpha value is -2.29. The highest BCUT2D eigenvalue weighted by atomic mass is 16.5. The summed E-state index contributed by atoms with van der Waals surface area (Å²) in [6.45, 7) is 8.57. The van der Waals surface area contributed by atoms with Crippen molar-refractivity contribution in [3.63, 3.8) is 0 Å². The molecule has 0 radical (unpaired) electrons. The van der Waals surface area contributed by atoms with E-state index in [1.807, 2.05) is 0 Å². The normalized spacial score (nSPS) is 10.9. The van der Waals surface area contributed by atoms with Crippen molar-refractivity contribution in [3.8, 4) is 5.75 Å². The van der Waals surface area contributed by atoms with Crippen LogP contribution in [-0.2, 0) is 0 Å². The number of hydrogen-bond acceptors (Lipinski definition) is 2. The fraction of sp³-hybridized carbons (Fsp3) is 0.350. The van der Waals surface area contributed by atoms with E-state index in [0.717, 1.165) is 22.6 Å². The van der Waals surface area contributed by atoms with Crippen molar-refractivity contribution >= 4 is 11.6 Å². The average Bonchev–Trinajstić information content (AvgIpc) is 2.54. The van der Waals surface area contributed by atoms with Gasteiger partial charge in [-0.1, -0.05) is 45.9 Å². The summed E-state index contributed by atoms with van der Waals surface area (Å²) in [6.07, 6.45) is 0. The maximum Gasteiger partial charge on any atom is 0.255 e. The number of carbonyl (C=O) groups excluding carboxylic acids is 1. The summed E-state index contributed by atoms with van der Waals surface area (Å²) in [7, 11) is 1.61. The Balaban J connectivity index is 2.35. The molecule has 3 nitrogen and oxygen atoms in total. The lowest BCUT2D eigenvalue weighted by atomic mass is 9.92. The first-order valence-corrected chi connectivity index (χ1v) is 8.02. The number of carbonyl (C=O) groups is 1. The third kappa shape index (κ3) is 3.92. The summed E-state index contributed by atoms with van der Waals surface area (Å²) in [5.74, 6) is 1.34. The minimum absolute atomic E-state index is 0.0948. The Morgan fingerprint density at radius 3 is 1.87 bits per heavy atom. The fourth-order valence-corrected chi connectivity index (χ4v) is 2.62. The molecule has 2 aromatic carbocycles. The maximum absolute atomic E-state index is 12.6. The van der Waals surface area contributed by atoms with Gasteiger partial charge in [0, 0.05) is 11.3 Å². The van der Waals surface area contributed by atoms with Crippen LogP contribution in [0, 0.1) is 0 Å². The highest BCUT2D eigenvalue weighted by Gasteiger charge is 2.16. The van der Waals surface area contributed by atoms with E-state index in [0.29, 0.717) is 17.4 Å². The molecule has 0 fully saturated rings. The zero-order chi connectivity index (χ0) is 17.0. The summed E-state index contributed by atoms with van der Waals surface area (Å²) in [5.41, 5.74) is 3.90. The minimum atomic E-state index is -0.0948. The van der Waals surface area contributed by atoms with E-state index < -0.39 is 0 Å². The molecule has 0 heterocycles. The van der Waals surface area contributed by atoms with Crippen molar-refractivity contribution in [2.45, 2.75) is 39.5 Å². The van der Waals surface area contributed by atoms with Gasteiger partial charge in [-0.25, -0.2) is 0 Å². The number of benzene rings is 2. The van der Waals surface area contributed by atoms with Crippen molar-refractivity contribution in [3.05, 3.63) is 59.2 Å². The smallest absolute Gasteiger partial charge is 0.255 e. The standard InChI is InChI=1S/C20H25NO2/c1-13(2)17-7-6-8-18(14(3)4)19(17)21-20(22)15-9-11-16(23-5)12-10-15/h6-14H,1-5H3,(H,21,22). The van der Waals surface area contributed by atoms with E-state index >= 15 is 0 Å². The minimum Gasteiger partial charge on any atom is -0.497 e. The predicted octanol–water partition coefficient (Wildman–Crippen LogP) is 5.19. The predicted molar refractivity (Wildman–Crippen MR) is 95.6 cm³/mol. The van der Waals surface area contributed by atoms with Gasteiger partial charge in [0.05, 0.1) is 7.11 Å². The molecule has 0 unspecified atom stereocenters. The average molecular weight is 311 g/mol. The monoisotopic (exact) mass is 311 g/mol. The van der Waals surface area contributed by atoms with E-state index in [2.05, 4.69) is 51.2 Å². The quantitative estimate of drug-likeness (QED) is 0.824. The van der Waals surface area contributed by atoms with Crippen LogP contribution in [0.1, 0.15) is 61.0 Å². The van der Waals surface area contributed by atoms with Gasteiger partial charge in [0.15, 0.2) is 0 Å². The molecule has 0 bridgehead atoms. The zero-order valence-electron chi connectivity index (χ0n) is 14.5. The van der Waals surface area contributed by atoms with Crippen molar-refractivity contribution in [1.82, 2.24) is 0 Å². The number of amides is 1. The molecule has 1 amide bonds. The van der Waals surface area contributed by atoms with Gasteiger partial charge in [-0.05, 0) is 47.2 Å². The first kappa shape index (κ1) is 17.1. The van der Waals surface area contributed by atoms with Crippen molar-refractivity contribution < 1.29 is 9.53 Å². The summed E-state index contributed by atoms with van der Waals surface area (Å²) in [6, 6.07) is 13.4. The van der Waals surface area contributed by atoms with E-state index in [4.69, 9.17) is 4.74 Å². The van der Waals surface area contributed by atoms with Gasteiger partial charge in [0.2, 0.25) is 0 Å². The highest BCUT2D eigenvalue weighted by molar-refractivity contribution is 6.05. The van der Waals surface area contributed by atoms with Crippen LogP contribution < -0.4 is 10.1 Å². The fourth-order valence-electron chi connectivity index (χ4n) is 2.62. The van der Waals surface area contributed by atoms with Crippen molar-refractivity contribution in [2.24, 2.45) is 0 Å². The molecule has 0 saturated carbocycles. The van der Waals surface area contributed by atoms with E-state index in [1.165, 1.54) is 0 Å². The number of hydrogen-bond donors (Lipinski definition) is 1. The van der Waals surface area contributed by atoms with E-state index in [-0.39, 0.29) is 5.91 Å². The first-order valence-electron chi connectivity index (χ1n) is 8.02. The first-order chi connectivity index (χ1) is 10.9. The van der Waals surface area contributed by atoms with Gasteiger partial charge in [0.25, 0.3) is 5.91 Å². The summed E-state index contributed by atoms with van der Waals surface area (Å²) in [4.78, 5) is 12.6. The number of para-hydroxylation sites is 1. The second-order valence-corrected chi connectivity index (χ2v) is 6.30. The Bertz CT molecular complexity index is 646. The summed E-state index contributed by atoms with van der Waals surface area (Å²) in [5, 5.41) is 3.12. The van der Waals surface area contributed by atoms with Crippen LogP contribution >= 0.6 is 0 Å². The number of ether oxygens (including phenoxy) is 1. The molecule has 0 saturated heterocycles. The molecule has 3 heteroatoms. The number of anilines is 1. The van der Waals surface area contributed by atoms with Crippen LogP contribution in [0.2, 0.25) is 0 Å². The molecule has 122 valence electrons. The number of methoxy groups -OCH3 is 1. The summed E-state index contributed by atoms with van der Waals surface area (Å²) >= 11 is 0. The molecule has 0 aromatic heterocycles. The molecule has 0 spiro atoms. The van der Waals surface area contributed by atoms with Gasteiger partial charge in [0.1, 0.15) is 5.75 Å². The van der Waals surface area contributed by atoms with Crippen LogP contribution in [0.3, 0.4) is 0 Å². The topological polar surface area (TPSA) is 38.3 Å². The van der Waals surface area contributed by atoms with Crippen LogP contribution in [0.25, 0.3) is 0 Å². The van der Waals surface area contributed by atoms with Gasteiger partial charge >= 0.3 is 0 Å². The summed E-state index contributed by atoms with van der Waals surface area (Å²) < 4.78 is 5.14. The lowest BCUT2D eigenvalue weighted by Crippen LogP contribution is -2.15. The second kappa shape index (κ2) is 7.32.